The highest BCUT2D eigenvalue weighted by Crippen LogP contribution is 2.30. The minimum atomic E-state index is -2.00. The van der Waals surface area contributed by atoms with E-state index in [-0.39, 0.29) is 0 Å². The molecule has 1 aromatic carbocycles. The highest BCUT2D eigenvalue weighted by molar-refractivity contribution is 7.80. The van der Waals surface area contributed by atoms with Gasteiger partial charge in [0.25, 0.3) is 11.3 Å². The monoisotopic (exact) mass is 198 g/mol. The Labute approximate surface area is 78.8 Å². The van der Waals surface area contributed by atoms with Crippen molar-refractivity contribution in [3.05, 3.63) is 23.8 Å². The first-order chi connectivity index (χ1) is 6.27. The molecule has 0 amide bonds. The van der Waals surface area contributed by atoms with Crippen LogP contribution in [-0.2, 0) is 17.7 Å². The molecule has 0 saturated carbocycles. The van der Waals surface area contributed by atoms with Gasteiger partial charge < -0.3 is 5.32 Å². The van der Waals surface area contributed by atoms with E-state index in [2.05, 4.69) is 10.0 Å². The van der Waals surface area contributed by atoms with Gasteiger partial charge in [-0.3, -0.25) is 9.27 Å². The van der Waals surface area contributed by atoms with Crippen LogP contribution in [0.15, 0.2) is 18.2 Å². The Morgan fingerprint density at radius 3 is 3.15 bits per heavy atom. The summed E-state index contributed by atoms with van der Waals surface area (Å²) in [4.78, 5) is 0. The summed E-state index contributed by atoms with van der Waals surface area (Å²) in [6.45, 7) is 0.895. The lowest BCUT2D eigenvalue weighted by Crippen LogP contribution is -2.04. The quantitative estimate of drug-likeness (QED) is 0.626. The molecule has 0 aromatic heterocycles. The van der Waals surface area contributed by atoms with Gasteiger partial charge in [0.1, 0.15) is 0 Å². The predicted molar refractivity (Wildman–Crippen MR) is 53.0 cm³/mol. The summed E-state index contributed by atoms with van der Waals surface area (Å²) in [6, 6.07) is 5.67. The summed E-state index contributed by atoms with van der Waals surface area (Å²) < 4.78 is 21.7. The highest BCUT2D eigenvalue weighted by atomic mass is 32.2. The van der Waals surface area contributed by atoms with Crippen LogP contribution in [0.2, 0.25) is 0 Å². The molecule has 1 heterocycles. The number of hydrogen-bond acceptors (Lipinski definition) is 2. The first kappa shape index (κ1) is 8.52. The Bertz CT molecular complexity index is 354. The van der Waals surface area contributed by atoms with Gasteiger partial charge in [0, 0.05) is 6.54 Å². The molecule has 70 valence electrons. The van der Waals surface area contributed by atoms with E-state index in [1.54, 1.807) is 6.07 Å². The lowest BCUT2D eigenvalue weighted by molar-refractivity contribution is 0.570. The minimum absolute atomic E-state index is 0.691. The van der Waals surface area contributed by atoms with Gasteiger partial charge in [-0.1, -0.05) is 12.1 Å². The number of rotatable bonds is 2. The molecule has 2 rings (SSSR count). The number of fused-ring (bicyclic) bond motifs is 1. The molecule has 1 atom stereocenters. The van der Waals surface area contributed by atoms with E-state index in [1.807, 2.05) is 12.1 Å². The Balaban J connectivity index is 2.36. The molecule has 1 aliphatic heterocycles. The number of hydrogen-bond donors (Lipinski definition) is 3. The van der Waals surface area contributed by atoms with Crippen LogP contribution in [0.4, 0.5) is 11.4 Å². The average Bonchev–Trinajstić information content (AvgIpc) is 2.51. The third-order valence-corrected chi connectivity index (χ3v) is 2.44. The van der Waals surface area contributed by atoms with Crippen molar-refractivity contribution in [3.8, 4) is 0 Å². The van der Waals surface area contributed by atoms with Gasteiger partial charge in [0.15, 0.2) is 0 Å². The fourth-order valence-electron chi connectivity index (χ4n) is 1.52. The molecule has 0 aliphatic carbocycles. The van der Waals surface area contributed by atoms with Crippen LogP contribution in [0.1, 0.15) is 5.56 Å². The average molecular weight is 198 g/mol. The van der Waals surface area contributed by atoms with E-state index in [0.717, 1.165) is 18.7 Å². The normalized spacial score (nSPS) is 16.1. The third-order valence-electron chi connectivity index (χ3n) is 2.04. The molecule has 0 fully saturated rings. The Hall–Kier alpha value is -1.07. The molecule has 0 bridgehead atoms. The Kier molecular flexibility index (Phi) is 2.20. The lowest BCUT2D eigenvalue weighted by atomic mass is 10.1. The molecule has 5 heteroatoms. The van der Waals surface area contributed by atoms with Gasteiger partial charge in [-0.15, -0.1) is 0 Å². The van der Waals surface area contributed by atoms with Gasteiger partial charge in [-0.25, -0.2) is 4.21 Å². The summed E-state index contributed by atoms with van der Waals surface area (Å²) in [5, 5.41) is 3.17. The Morgan fingerprint density at radius 2 is 2.38 bits per heavy atom. The van der Waals surface area contributed by atoms with Crippen LogP contribution in [-0.4, -0.2) is 15.3 Å². The van der Waals surface area contributed by atoms with Crippen molar-refractivity contribution in [1.82, 2.24) is 0 Å². The number of nitrogens with one attached hydrogen (secondary N) is 2. The van der Waals surface area contributed by atoms with Gasteiger partial charge >= 0.3 is 0 Å². The van der Waals surface area contributed by atoms with Crippen LogP contribution in [0.25, 0.3) is 0 Å². The molecular formula is C8H10N2O2S. The molecule has 1 aliphatic rings. The molecule has 0 spiro atoms. The van der Waals surface area contributed by atoms with Gasteiger partial charge in [-0.2, -0.15) is 0 Å². The summed E-state index contributed by atoms with van der Waals surface area (Å²) in [5.41, 5.74) is 2.83. The maximum atomic E-state index is 10.5. The maximum Gasteiger partial charge on any atom is 0.259 e. The molecule has 0 saturated heterocycles. The second kappa shape index (κ2) is 3.35. The standard InChI is InChI=1S/C8H10N2O2S/c11-13(12)10-7-3-1-2-6-4-5-9-8(6)7/h1-3,9-10H,4-5H2,(H,11,12). The molecule has 1 unspecified atom stereocenters. The van der Waals surface area contributed by atoms with Gasteiger partial charge in [0.2, 0.25) is 0 Å². The number of para-hydroxylation sites is 1. The van der Waals surface area contributed by atoms with Crippen LogP contribution in [0.5, 0.6) is 0 Å². The molecule has 13 heavy (non-hydrogen) atoms. The van der Waals surface area contributed by atoms with Crippen LogP contribution < -0.4 is 10.0 Å². The van der Waals surface area contributed by atoms with Crippen molar-refractivity contribution >= 4 is 22.6 Å². The molecule has 4 nitrogen and oxygen atoms in total. The maximum absolute atomic E-state index is 10.5. The summed E-state index contributed by atoms with van der Waals surface area (Å²) >= 11 is -2.00. The molecule has 1 aromatic rings. The zero-order valence-corrected chi connectivity index (χ0v) is 7.73. The highest BCUT2D eigenvalue weighted by Gasteiger charge is 2.13. The smallest absolute Gasteiger partial charge is 0.259 e. The predicted octanol–water partition coefficient (Wildman–Crippen LogP) is 1.20. The lowest BCUT2D eigenvalue weighted by Gasteiger charge is -2.07. The largest absolute Gasteiger partial charge is 0.383 e. The van der Waals surface area contributed by atoms with E-state index < -0.39 is 11.3 Å². The summed E-state index contributed by atoms with van der Waals surface area (Å²) in [7, 11) is 0. The van der Waals surface area contributed by atoms with Gasteiger partial charge in [0.05, 0.1) is 11.4 Å². The van der Waals surface area contributed by atoms with E-state index in [9.17, 15) is 4.21 Å². The van der Waals surface area contributed by atoms with E-state index in [4.69, 9.17) is 4.55 Å². The molecule has 0 radical (unpaired) electrons. The first-order valence-corrected chi connectivity index (χ1v) is 5.11. The first-order valence-electron chi connectivity index (χ1n) is 4.00. The third kappa shape index (κ3) is 1.66. The molecular weight excluding hydrogens is 188 g/mol. The van der Waals surface area contributed by atoms with Crippen molar-refractivity contribution in [2.45, 2.75) is 6.42 Å². The van der Waals surface area contributed by atoms with Crippen molar-refractivity contribution in [1.29, 1.82) is 0 Å². The van der Waals surface area contributed by atoms with Crippen molar-refractivity contribution in [3.63, 3.8) is 0 Å². The minimum Gasteiger partial charge on any atom is -0.383 e. The second-order valence-corrected chi connectivity index (χ2v) is 3.57. The fourth-order valence-corrected chi connectivity index (χ4v) is 1.88. The zero-order chi connectivity index (χ0) is 9.26. The van der Waals surface area contributed by atoms with E-state index in [1.165, 1.54) is 5.56 Å². The van der Waals surface area contributed by atoms with E-state index >= 15 is 0 Å². The van der Waals surface area contributed by atoms with Crippen molar-refractivity contribution < 1.29 is 8.76 Å². The fraction of sp³-hybridized carbons (Fsp3) is 0.250. The van der Waals surface area contributed by atoms with Crippen LogP contribution in [0.3, 0.4) is 0 Å². The topological polar surface area (TPSA) is 61.4 Å². The number of anilines is 2. The van der Waals surface area contributed by atoms with Crippen molar-refractivity contribution in [2.75, 3.05) is 16.6 Å². The molecule has 3 N–H and O–H groups in total. The second-order valence-electron chi connectivity index (χ2n) is 2.87. The van der Waals surface area contributed by atoms with Crippen LogP contribution in [0, 0.1) is 0 Å². The van der Waals surface area contributed by atoms with E-state index in [0.29, 0.717) is 5.69 Å². The Morgan fingerprint density at radius 1 is 1.54 bits per heavy atom. The van der Waals surface area contributed by atoms with Gasteiger partial charge in [-0.05, 0) is 18.1 Å². The van der Waals surface area contributed by atoms with Crippen LogP contribution >= 0.6 is 0 Å². The summed E-state index contributed by atoms with van der Waals surface area (Å²) in [6.07, 6.45) is 0.975. The number of benzene rings is 1. The van der Waals surface area contributed by atoms with Crippen molar-refractivity contribution in [2.24, 2.45) is 0 Å². The SMILES string of the molecule is O=S(O)Nc1cccc2c1NCC2. The summed E-state index contributed by atoms with van der Waals surface area (Å²) in [5.74, 6) is 0. The zero-order valence-electron chi connectivity index (χ0n) is 6.91.